The Bertz CT molecular complexity index is 1270. The second kappa shape index (κ2) is 10.7. The van der Waals surface area contributed by atoms with Gasteiger partial charge in [0, 0.05) is 6.07 Å². The lowest BCUT2D eigenvalue weighted by molar-refractivity contribution is 0.0988. The van der Waals surface area contributed by atoms with Crippen molar-refractivity contribution in [2.75, 3.05) is 32.2 Å². The third-order valence-corrected chi connectivity index (χ3v) is 5.60. The molecule has 0 fully saturated rings. The van der Waals surface area contributed by atoms with Gasteiger partial charge in [0.15, 0.2) is 5.82 Å². The van der Waals surface area contributed by atoms with Gasteiger partial charge in [-0.15, -0.1) is 0 Å². The first-order valence-corrected chi connectivity index (χ1v) is 11.2. The smallest absolute Gasteiger partial charge is 0.286 e. The van der Waals surface area contributed by atoms with E-state index in [1.807, 2.05) is 0 Å². The number of aliphatic hydroxyl groups is 1. The molecule has 0 aliphatic heterocycles. The SMILES string of the molecule is COc1ccc(S(=O)(=O)Nc2nc(C(N)=O)nc(OCCO)c2Oc2cccc(OC)c2)cc1. The highest BCUT2D eigenvalue weighted by Gasteiger charge is 2.25. The van der Waals surface area contributed by atoms with Gasteiger partial charge in [-0.05, 0) is 36.4 Å². The van der Waals surface area contributed by atoms with Gasteiger partial charge in [-0.2, -0.15) is 4.98 Å². The Morgan fingerprint density at radius 2 is 1.71 bits per heavy atom. The van der Waals surface area contributed by atoms with E-state index in [0.717, 1.165) is 0 Å². The molecular formula is C21H22N4O8S. The number of ether oxygens (including phenoxy) is 4. The molecular weight excluding hydrogens is 468 g/mol. The molecule has 13 heteroatoms. The average Bonchev–Trinajstić information content (AvgIpc) is 2.83. The van der Waals surface area contributed by atoms with Crippen molar-refractivity contribution >= 4 is 21.7 Å². The summed E-state index contributed by atoms with van der Waals surface area (Å²) in [5, 5.41) is 9.16. The highest BCUT2D eigenvalue weighted by molar-refractivity contribution is 7.92. The summed E-state index contributed by atoms with van der Waals surface area (Å²) in [7, 11) is -1.29. The molecule has 0 aliphatic rings. The maximum absolute atomic E-state index is 13.0. The Hall–Kier alpha value is -4.10. The number of hydrogen-bond acceptors (Lipinski definition) is 10. The maximum atomic E-state index is 13.0. The number of benzene rings is 2. The largest absolute Gasteiger partial charge is 0.497 e. The zero-order chi connectivity index (χ0) is 24.7. The number of nitrogens with one attached hydrogen (secondary N) is 1. The zero-order valence-electron chi connectivity index (χ0n) is 18.2. The molecule has 0 radical (unpaired) electrons. The topological polar surface area (TPSA) is 172 Å². The fraction of sp³-hybridized carbons (Fsp3) is 0.190. The number of nitrogens with zero attached hydrogens (tertiary/aromatic N) is 2. The molecule has 4 N–H and O–H groups in total. The number of nitrogens with two attached hydrogens (primary N) is 1. The number of anilines is 1. The van der Waals surface area contributed by atoms with Crippen molar-refractivity contribution in [2.45, 2.75) is 4.90 Å². The van der Waals surface area contributed by atoms with Crippen LogP contribution in [-0.2, 0) is 10.0 Å². The first kappa shape index (κ1) is 24.5. The summed E-state index contributed by atoms with van der Waals surface area (Å²) in [4.78, 5) is 19.5. The Balaban J connectivity index is 2.11. The highest BCUT2D eigenvalue weighted by Crippen LogP contribution is 2.38. The van der Waals surface area contributed by atoms with E-state index in [9.17, 15) is 13.2 Å². The number of carbonyl (C=O) groups is 1. The summed E-state index contributed by atoms with van der Waals surface area (Å²) < 4.78 is 49.7. The molecule has 180 valence electrons. The van der Waals surface area contributed by atoms with Crippen LogP contribution in [0.15, 0.2) is 53.4 Å². The van der Waals surface area contributed by atoms with Crippen molar-refractivity contribution in [1.82, 2.24) is 9.97 Å². The van der Waals surface area contributed by atoms with Crippen molar-refractivity contribution in [2.24, 2.45) is 5.73 Å². The van der Waals surface area contributed by atoms with E-state index in [4.69, 9.17) is 29.8 Å². The van der Waals surface area contributed by atoms with Gasteiger partial charge >= 0.3 is 0 Å². The van der Waals surface area contributed by atoms with Crippen LogP contribution >= 0.6 is 0 Å². The summed E-state index contributed by atoms with van der Waals surface area (Å²) >= 11 is 0. The number of rotatable bonds is 11. The van der Waals surface area contributed by atoms with E-state index >= 15 is 0 Å². The third kappa shape index (κ3) is 5.82. The number of amides is 1. The van der Waals surface area contributed by atoms with Crippen molar-refractivity contribution in [3.05, 3.63) is 54.4 Å². The fourth-order valence-corrected chi connectivity index (χ4v) is 3.67. The van der Waals surface area contributed by atoms with Gasteiger partial charge in [0.1, 0.15) is 23.9 Å². The first-order valence-electron chi connectivity index (χ1n) is 9.71. The predicted molar refractivity (Wildman–Crippen MR) is 120 cm³/mol. The van der Waals surface area contributed by atoms with E-state index in [1.165, 1.54) is 44.6 Å². The molecule has 1 heterocycles. The summed E-state index contributed by atoms with van der Waals surface area (Å²) in [6.07, 6.45) is 0. The van der Waals surface area contributed by atoms with E-state index in [2.05, 4.69) is 14.7 Å². The molecule has 2 aromatic carbocycles. The zero-order valence-corrected chi connectivity index (χ0v) is 19.0. The molecule has 0 saturated heterocycles. The molecule has 12 nitrogen and oxygen atoms in total. The number of aliphatic hydroxyl groups excluding tert-OH is 1. The van der Waals surface area contributed by atoms with E-state index in [1.54, 1.807) is 18.2 Å². The average molecular weight is 490 g/mol. The van der Waals surface area contributed by atoms with Gasteiger partial charge in [0.25, 0.3) is 21.8 Å². The summed E-state index contributed by atoms with van der Waals surface area (Å²) in [5.74, 6) is -1.39. The van der Waals surface area contributed by atoms with Crippen molar-refractivity contribution < 1.29 is 37.3 Å². The van der Waals surface area contributed by atoms with Gasteiger partial charge in [-0.3, -0.25) is 9.52 Å². The standard InChI is InChI=1S/C21H22N4O8S/c1-30-13-6-8-16(9-7-13)34(28,29)25-19-17(33-15-5-3-4-14(12-15)31-2)21(32-11-10-26)24-20(23-19)18(22)27/h3-9,12,26H,10-11H2,1-2H3,(H2,22,27)(H,23,24,25). The van der Waals surface area contributed by atoms with Crippen LogP contribution in [0.3, 0.4) is 0 Å². The molecule has 0 atom stereocenters. The lowest BCUT2D eigenvalue weighted by Gasteiger charge is -2.17. The Kier molecular flexibility index (Phi) is 7.71. The first-order chi connectivity index (χ1) is 16.3. The Labute approximate surface area is 195 Å². The Morgan fingerprint density at radius 3 is 2.32 bits per heavy atom. The molecule has 34 heavy (non-hydrogen) atoms. The molecule has 1 amide bonds. The summed E-state index contributed by atoms with van der Waals surface area (Å²) in [6.45, 7) is -0.615. The van der Waals surface area contributed by atoms with Crippen LogP contribution in [0.2, 0.25) is 0 Å². The molecule has 3 rings (SSSR count). The second-order valence-corrected chi connectivity index (χ2v) is 8.21. The number of methoxy groups -OCH3 is 2. The minimum Gasteiger partial charge on any atom is -0.497 e. The van der Waals surface area contributed by atoms with Gasteiger partial charge in [-0.25, -0.2) is 13.4 Å². The molecule has 0 spiro atoms. The van der Waals surface area contributed by atoms with E-state index in [-0.39, 0.29) is 35.5 Å². The molecule has 0 aliphatic carbocycles. The minimum absolute atomic E-state index is 0.113. The number of carbonyl (C=O) groups excluding carboxylic acids is 1. The van der Waals surface area contributed by atoms with Crippen LogP contribution in [0.4, 0.5) is 5.82 Å². The van der Waals surface area contributed by atoms with Crippen LogP contribution in [0.5, 0.6) is 28.9 Å². The molecule has 0 unspecified atom stereocenters. The van der Waals surface area contributed by atoms with Crippen molar-refractivity contribution in [3.8, 4) is 28.9 Å². The third-order valence-electron chi connectivity index (χ3n) is 4.25. The van der Waals surface area contributed by atoms with Crippen LogP contribution in [0.1, 0.15) is 10.6 Å². The second-order valence-electron chi connectivity index (χ2n) is 6.53. The van der Waals surface area contributed by atoms with Gasteiger partial charge in [0.2, 0.25) is 11.6 Å². The maximum Gasteiger partial charge on any atom is 0.286 e. The summed E-state index contributed by atoms with van der Waals surface area (Å²) in [6, 6.07) is 12.0. The molecule has 1 aromatic heterocycles. The number of aromatic nitrogens is 2. The van der Waals surface area contributed by atoms with Crippen LogP contribution in [0, 0.1) is 0 Å². The lowest BCUT2D eigenvalue weighted by Crippen LogP contribution is -2.21. The molecule has 3 aromatic rings. The fourth-order valence-electron chi connectivity index (χ4n) is 2.67. The molecule has 0 saturated carbocycles. The number of hydrogen-bond donors (Lipinski definition) is 3. The van der Waals surface area contributed by atoms with Crippen molar-refractivity contribution in [1.29, 1.82) is 0 Å². The molecule has 0 bridgehead atoms. The number of primary amides is 1. The van der Waals surface area contributed by atoms with E-state index < -0.39 is 27.6 Å². The normalized spacial score (nSPS) is 10.9. The van der Waals surface area contributed by atoms with Gasteiger partial charge in [-0.1, -0.05) is 6.07 Å². The van der Waals surface area contributed by atoms with Gasteiger partial charge in [0.05, 0.1) is 25.7 Å². The monoisotopic (exact) mass is 490 g/mol. The van der Waals surface area contributed by atoms with Crippen LogP contribution < -0.4 is 29.4 Å². The summed E-state index contributed by atoms with van der Waals surface area (Å²) in [5.41, 5.74) is 5.31. The van der Waals surface area contributed by atoms with Crippen molar-refractivity contribution in [3.63, 3.8) is 0 Å². The highest BCUT2D eigenvalue weighted by atomic mass is 32.2. The van der Waals surface area contributed by atoms with Crippen LogP contribution in [-0.4, -0.2) is 56.8 Å². The Morgan fingerprint density at radius 1 is 1.03 bits per heavy atom. The quantitative estimate of drug-likeness (QED) is 0.358. The van der Waals surface area contributed by atoms with Gasteiger partial charge < -0.3 is 29.8 Å². The minimum atomic E-state index is -4.20. The van der Waals surface area contributed by atoms with Crippen LogP contribution in [0.25, 0.3) is 0 Å². The van der Waals surface area contributed by atoms with E-state index in [0.29, 0.717) is 11.5 Å². The number of sulfonamides is 1. The lowest BCUT2D eigenvalue weighted by atomic mass is 10.3. The predicted octanol–water partition coefficient (Wildman–Crippen LogP) is 1.56.